The lowest BCUT2D eigenvalue weighted by atomic mass is 10.1. The van der Waals surface area contributed by atoms with Gasteiger partial charge in [0.25, 0.3) is 0 Å². The van der Waals surface area contributed by atoms with E-state index in [2.05, 4.69) is 13.8 Å². The molecule has 1 nitrogen and oxygen atoms in total. The molecule has 0 aliphatic heterocycles. The van der Waals surface area contributed by atoms with Crippen LogP contribution in [0.15, 0.2) is 11.6 Å². The Morgan fingerprint density at radius 2 is 2.11 bits per heavy atom. The molecule has 9 heavy (non-hydrogen) atoms. The number of hydrogen-bond acceptors (Lipinski definition) is 1. The van der Waals surface area contributed by atoms with Gasteiger partial charge in [0.05, 0.1) is 0 Å². The number of carbonyl (C=O) groups is 1. The van der Waals surface area contributed by atoms with Crippen molar-refractivity contribution in [1.82, 2.24) is 0 Å². The lowest BCUT2D eigenvalue weighted by molar-refractivity contribution is -0.105. The maximum absolute atomic E-state index is 10.2. The van der Waals surface area contributed by atoms with E-state index in [-0.39, 0.29) is 0 Å². The Balaban J connectivity index is 3.90. The van der Waals surface area contributed by atoms with Gasteiger partial charge in [-0.1, -0.05) is 26.8 Å². The summed E-state index contributed by atoms with van der Waals surface area (Å²) < 4.78 is 0. The fourth-order valence-corrected chi connectivity index (χ4v) is 0.669. The van der Waals surface area contributed by atoms with Gasteiger partial charge in [0.2, 0.25) is 0 Å². The lowest BCUT2D eigenvalue weighted by Crippen LogP contribution is -1.86. The minimum atomic E-state index is 0.491. The molecule has 0 bridgehead atoms. The van der Waals surface area contributed by atoms with Gasteiger partial charge in [0.1, 0.15) is 6.29 Å². The molecule has 0 N–H and O–H groups in total. The van der Waals surface area contributed by atoms with Crippen LogP contribution in [0.25, 0.3) is 0 Å². The monoisotopic (exact) mass is 126 g/mol. The summed E-state index contributed by atoms with van der Waals surface area (Å²) in [6.07, 6.45) is 3.77. The van der Waals surface area contributed by atoms with Crippen molar-refractivity contribution in [3.05, 3.63) is 11.6 Å². The van der Waals surface area contributed by atoms with E-state index in [0.29, 0.717) is 5.92 Å². The van der Waals surface area contributed by atoms with Crippen LogP contribution in [0.4, 0.5) is 0 Å². The molecule has 0 radical (unpaired) electrons. The van der Waals surface area contributed by atoms with Crippen molar-refractivity contribution in [2.75, 3.05) is 0 Å². The van der Waals surface area contributed by atoms with E-state index >= 15 is 0 Å². The van der Waals surface area contributed by atoms with Crippen LogP contribution in [0.2, 0.25) is 0 Å². The van der Waals surface area contributed by atoms with Crippen molar-refractivity contribution in [2.45, 2.75) is 27.2 Å². The molecule has 0 aliphatic carbocycles. The lowest BCUT2D eigenvalue weighted by Gasteiger charge is -1.96. The smallest absolute Gasteiger partial charge is 0.145 e. The molecule has 0 fully saturated rings. The molecule has 0 aromatic heterocycles. The summed E-state index contributed by atoms with van der Waals surface area (Å²) in [7, 11) is 0. The van der Waals surface area contributed by atoms with Gasteiger partial charge in [-0.15, -0.1) is 0 Å². The Kier molecular flexibility index (Phi) is 4.02. The fraction of sp³-hybridized carbons (Fsp3) is 0.625. The van der Waals surface area contributed by atoms with Crippen LogP contribution in [0.5, 0.6) is 0 Å². The molecule has 0 rings (SSSR count). The highest BCUT2D eigenvalue weighted by atomic mass is 16.1. The average molecular weight is 126 g/mol. The third-order valence-electron chi connectivity index (χ3n) is 1.11. The van der Waals surface area contributed by atoms with Gasteiger partial charge in [-0.25, -0.2) is 0 Å². The molecule has 0 amide bonds. The van der Waals surface area contributed by atoms with E-state index < -0.39 is 0 Å². The van der Waals surface area contributed by atoms with Crippen molar-refractivity contribution >= 4 is 6.29 Å². The number of allylic oxidation sites excluding steroid dienone is 2. The van der Waals surface area contributed by atoms with Crippen molar-refractivity contribution in [3.8, 4) is 0 Å². The Bertz CT molecular complexity index is 112. The molecule has 0 atom stereocenters. The second-order valence-corrected chi connectivity index (χ2v) is 2.46. The van der Waals surface area contributed by atoms with Crippen LogP contribution in [0, 0.1) is 5.92 Å². The van der Waals surface area contributed by atoms with Gasteiger partial charge in [-0.05, 0) is 17.9 Å². The molecule has 0 aromatic carbocycles. The van der Waals surface area contributed by atoms with E-state index in [9.17, 15) is 4.79 Å². The fourth-order valence-electron chi connectivity index (χ4n) is 0.669. The van der Waals surface area contributed by atoms with Gasteiger partial charge in [-0.2, -0.15) is 0 Å². The predicted octanol–water partition coefficient (Wildman–Crippen LogP) is 2.18. The van der Waals surface area contributed by atoms with E-state index in [0.717, 1.165) is 18.3 Å². The van der Waals surface area contributed by atoms with Crippen molar-refractivity contribution in [2.24, 2.45) is 5.92 Å². The molecule has 0 aliphatic rings. The number of hydrogen-bond donors (Lipinski definition) is 0. The Labute approximate surface area is 56.8 Å². The van der Waals surface area contributed by atoms with Crippen molar-refractivity contribution in [3.63, 3.8) is 0 Å². The third kappa shape index (κ3) is 3.95. The first-order valence-corrected chi connectivity index (χ1v) is 3.36. The van der Waals surface area contributed by atoms with E-state index in [1.165, 1.54) is 0 Å². The number of aldehydes is 1. The Morgan fingerprint density at radius 1 is 1.56 bits per heavy atom. The maximum atomic E-state index is 10.2. The molecule has 0 unspecified atom stereocenters. The summed E-state index contributed by atoms with van der Waals surface area (Å²) in [5.41, 5.74) is 0.907. The molecular weight excluding hydrogens is 112 g/mol. The van der Waals surface area contributed by atoms with Gasteiger partial charge < -0.3 is 0 Å². The zero-order chi connectivity index (χ0) is 7.28. The maximum Gasteiger partial charge on any atom is 0.145 e. The summed E-state index contributed by atoms with van der Waals surface area (Å²) in [6.45, 7) is 6.13. The van der Waals surface area contributed by atoms with Crippen molar-refractivity contribution in [1.29, 1.82) is 0 Å². The standard InChI is InChI=1S/C8H14O/c1-4-8(6-9)5-7(2)3/h5-7H,4H2,1-3H3/b8-5-. The minimum Gasteiger partial charge on any atom is -0.298 e. The normalized spacial score (nSPS) is 12.2. The Morgan fingerprint density at radius 3 is 2.22 bits per heavy atom. The molecule has 0 spiro atoms. The summed E-state index contributed by atoms with van der Waals surface area (Å²) in [4.78, 5) is 10.2. The summed E-state index contributed by atoms with van der Waals surface area (Å²) in [5, 5.41) is 0. The van der Waals surface area contributed by atoms with E-state index in [1.807, 2.05) is 13.0 Å². The van der Waals surface area contributed by atoms with Crippen LogP contribution < -0.4 is 0 Å². The first kappa shape index (κ1) is 8.41. The summed E-state index contributed by atoms with van der Waals surface area (Å²) in [5.74, 6) is 0.491. The third-order valence-corrected chi connectivity index (χ3v) is 1.11. The zero-order valence-corrected chi connectivity index (χ0v) is 6.35. The van der Waals surface area contributed by atoms with Crippen LogP contribution in [0.3, 0.4) is 0 Å². The Hall–Kier alpha value is -0.590. The van der Waals surface area contributed by atoms with Crippen molar-refractivity contribution < 1.29 is 4.79 Å². The summed E-state index contributed by atoms with van der Waals surface area (Å²) >= 11 is 0. The molecule has 52 valence electrons. The molecule has 1 heteroatoms. The van der Waals surface area contributed by atoms with Gasteiger partial charge in [0, 0.05) is 0 Å². The van der Waals surface area contributed by atoms with Gasteiger partial charge in [-0.3, -0.25) is 4.79 Å². The van der Waals surface area contributed by atoms with Gasteiger partial charge in [0.15, 0.2) is 0 Å². The minimum absolute atomic E-state index is 0.491. The van der Waals surface area contributed by atoms with E-state index in [1.54, 1.807) is 0 Å². The largest absolute Gasteiger partial charge is 0.298 e. The first-order valence-electron chi connectivity index (χ1n) is 3.36. The highest BCUT2D eigenvalue weighted by Gasteiger charge is 1.91. The average Bonchev–Trinajstić information content (AvgIpc) is 1.82. The molecular formula is C8H14O. The van der Waals surface area contributed by atoms with Crippen LogP contribution in [-0.4, -0.2) is 6.29 Å². The number of rotatable bonds is 3. The molecule has 0 saturated heterocycles. The van der Waals surface area contributed by atoms with Crippen LogP contribution >= 0.6 is 0 Å². The van der Waals surface area contributed by atoms with E-state index in [4.69, 9.17) is 0 Å². The molecule has 0 heterocycles. The second-order valence-electron chi connectivity index (χ2n) is 2.46. The quantitative estimate of drug-likeness (QED) is 0.418. The molecule has 0 aromatic rings. The summed E-state index contributed by atoms with van der Waals surface area (Å²) in [6, 6.07) is 0. The predicted molar refractivity (Wildman–Crippen MR) is 39.3 cm³/mol. The highest BCUT2D eigenvalue weighted by molar-refractivity contribution is 5.72. The molecule has 0 saturated carbocycles. The van der Waals surface area contributed by atoms with Gasteiger partial charge >= 0.3 is 0 Å². The zero-order valence-electron chi connectivity index (χ0n) is 6.35. The van der Waals surface area contributed by atoms with Crippen LogP contribution in [-0.2, 0) is 4.79 Å². The highest BCUT2D eigenvalue weighted by Crippen LogP contribution is 2.02. The first-order chi connectivity index (χ1) is 4.20. The number of carbonyl (C=O) groups excluding carboxylic acids is 1. The second kappa shape index (κ2) is 4.30. The SMILES string of the molecule is CC/C(C=O)=C/C(C)C. The van der Waals surface area contributed by atoms with Crippen LogP contribution in [0.1, 0.15) is 27.2 Å². The topological polar surface area (TPSA) is 17.1 Å².